The summed E-state index contributed by atoms with van der Waals surface area (Å²) in [5.41, 5.74) is 4.56. The third-order valence-electron chi connectivity index (χ3n) is 3.17. The molecule has 2 heterocycles. The maximum absolute atomic E-state index is 4.67. The zero-order chi connectivity index (χ0) is 13.1. The van der Waals surface area contributed by atoms with Gasteiger partial charge >= 0.3 is 0 Å². The molecule has 0 atom stereocenters. The van der Waals surface area contributed by atoms with Crippen LogP contribution in [0.5, 0.6) is 0 Å². The van der Waals surface area contributed by atoms with Crippen LogP contribution in [0.3, 0.4) is 0 Å². The van der Waals surface area contributed by atoms with Crippen molar-refractivity contribution < 1.29 is 0 Å². The largest absolute Gasteiger partial charge is 0.316 e. The predicted molar refractivity (Wildman–Crippen MR) is 73.0 cm³/mol. The summed E-state index contributed by atoms with van der Waals surface area (Å²) in [6.07, 6.45) is 2.78. The van der Waals surface area contributed by atoms with E-state index in [-0.39, 0.29) is 0 Å². The van der Waals surface area contributed by atoms with E-state index in [2.05, 4.69) is 41.3 Å². The zero-order valence-electron chi connectivity index (χ0n) is 11.5. The van der Waals surface area contributed by atoms with Crippen molar-refractivity contribution in [3.63, 3.8) is 0 Å². The van der Waals surface area contributed by atoms with E-state index in [1.807, 2.05) is 24.9 Å². The van der Waals surface area contributed by atoms with Crippen LogP contribution in [0.2, 0.25) is 0 Å². The number of nitrogens with zero attached hydrogens (tertiary/aromatic N) is 3. The van der Waals surface area contributed by atoms with E-state index in [1.165, 1.54) is 5.56 Å². The fourth-order valence-corrected chi connectivity index (χ4v) is 1.97. The Morgan fingerprint density at radius 3 is 2.61 bits per heavy atom. The Kier molecular flexibility index (Phi) is 3.77. The SMILES string of the molecule is CCc1cc(CNC)cc(-n2cnc(C)c2C)n1. The molecule has 0 aliphatic carbocycles. The van der Waals surface area contributed by atoms with E-state index in [4.69, 9.17) is 0 Å². The molecular formula is C14H20N4. The fraction of sp³-hybridized carbons (Fsp3) is 0.429. The van der Waals surface area contributed by atoms with Crippen LogP contribution in [-0.4, -0.2) is 21.6 Å². The Hall–Kier alpha value is -1.68. The number of rotatable bonds is 4. The number of aromatic nitrogens is 3. The van der Waals surface area contributed by atoms with Gasteiger partial charge in [-0.1, -0.05) is 6.92 Å². The average molecular weight is 244 g/mol. The van der Waals surface area contributed by atoms with E-state index in [9.17, 15) is 0 Å². The van der Waals surface area contributed by atoms with E-state index in [0.717, 1.165) is 35.9 Å². The number of aryl methyl sites for hydroxylation is 2. The van der Waals surface area contributed by atoms with Crippen molar-refractivity contribution in [2.24, 2.45) is 0 Å². The Morgan fingerprint density at radius 1 is 1.28 bits per heavy atom. The smallest absolute Gasteiger partial charge is 0.138 e. The molecule has 0 saturated heterocycles. The first-order valence-electron chi connectivity index (χ1n) is 6.31. The summed E-state index contributed by atoms with van der Waals surface area (Å²) >= 11 is 0. The highest BCUT2D eigenvalue weighted by atomic mass is 15.1. The number of hydrogen-bond donors (Lipinski definition) is 1. The van der Waals surface area contributed by atoms with Crippen LogP contribution in [0, 0.1) is 13.8 Å². The maximum Gasteiger partial charge on any atom is 0.138 e. The first-order valence-corrected chi connectivity index (χ1v) is 6.31. The van der Waals surface area contributed by atoms with Gasteiger partial charge in [0.15, 0.2) is 0 Å². The predicted octanol–water partition coefficient (Wildman–Crippen LogP) is 2.17. The molecule has 0 radical (unpaired) electrons. The van der Waals surface area contributed by atoms with E-state index >= 15 is 0 Å². The van der Waals surface area contributed by atoms with Gasteiger partial charge in [-0.25, -0.2) is 9.97 Å². The number of pyridine rings is 1. The van der Waals surface area contributed by atoms with Gasteiger partial charge in [0, 0.05) is 17.9 Å². The minimum absolute atomic E-state index is 0.856. The maximum atomic E-state index is 4.67. The molecule has 0 aliphatic rings. The molecular weight excluding hydrogens is 224 g/mol. The van der Waals surface area contributed by atoms with Gasteiger partial charge in [-0.05, 0) is 45.0 Å². The average Bonchev–Trinajstić information content (AvgIpc) is 2.70. The Labute approximate surface area is 108 Å². The summed E-state index contributed by atoms with van der Waals surface area (Å²) in [4.78, 5) is 9.00. The normalized spacial score (nSPS) is 10.9. The van der Waals surface area contributed by atoms with Crippen LogP contribution in [0.25, 0.3) is 5.82 Å². The Morgan fingerprint density at radius 2 is 2.06 bits per heavy atom. The molecule has 4 nitrogen and oxygen atoms in total. The summed E-state index contributed by atoms with van der Waals surface area (Å²) in [6, 6.07) is 4.27. The van der Waals surface area contributed by atoms with Crippen LogP contribution in [0.15, 0.2) is 18.5 Å². The second-order valence-electron chi connectivity index (χ2n) is 4.49. The van der Waals surface area contributed by atoms with E-state index in [1.54, 1.807) is 0 Å². The molecule has 2 rings (SSSR count). The number of hydrogen-bond acceptors (Lipinski definition) is 3. The van der Waals surface area contributed by atoms with Crippen molar-refractivity contribution >= 4 is 0 Å². The van der Waals surface area contributed by atoms with Gasteiger partial charge in [-0.3, -0.25) is 4.57 Å². The molecule has 0 fully saturated rings. The number of imidazole rings is 1. The first-order chi connectivity index (χ1) is 8.65. The van der Waals surface area contributed by atoms with Gasteiger partial charge in [0.2, 0.25) is 0 Å². The van der Waals surface area contributed by atoms with Gasteiger partial charge in [-0.2, -0.15) is 0 Å². The molecule has 2 aromatic rings. The topological polar surface area (TPSA) is 42.7 Å². The van der Waals surface area contributed by atoms with Crippen LogP contribution < -0.4 is 5.32 Å². The van der Waals surface area contributed by atoms with Crippen LogP contribution in [0.4, 0.5) is 0 Å². The molecule has 0 bridgehead atoms. The third kappa shape index (κ3) is 2.43. The van der Waals surface area contributed by atoms with Crippen molar-refractivity contribution in [3.05, 3.63) is 41.1 Å². The fourth-order valence-electron chi connectivity index (χ4n) is 1.97. The summed E-state index contributed by atoms with van der Waals surface area (Å²) in [6.45, 7) is 7.07. The molecule has 0 unspecified atom stereocenters. The van der Waals surface area contributed by atoms with Gasteiger partial charge in [-0.15, -0.1) is 0 Å². The highest BCUT2D eigenvalue weighted by Crippen LogP contribution is 2.15. The van der Waals surface area contributed by atoms with Crippen LogP contribution >= 0.6 is 0 Å². The van der Waals surface area contributed by atoms with Crippen molar-refractivity contribution in [1.82, 2.24) is 19.9 Å². The quantitative estimate of drug-likeness (QED) is 0.896. The lowest BCUT2D eigenvalue weighted by molar-refractivity contribution is 0.805. The molecule has 0 aliphatic heterocycles. The molecule has 0 saturated carbocycles. The molecule has 4 heteroatoms. The minimum Gasteiger partial charge on any atom is -0.316 e. The highest BCUT2D eigenvalue weighted by molar-refractivity contribution is 5.34. The van der Waals surface area contributed by atoms with Crippen molar-refractivity contribution in [1.29, 1.82) is 0 Å². The zero-order valence-corrected chi connectivity index (χ0v) is 11.5. The third-order valence-corrected chi connectivity index (χ3v) is 3.17. The molecule has 18 heavy (non-hydrogen) atoms. The lowest BCUT2D eigenvalue weighted by atomic mass is 10.2. The standard InChI is InChI=1S/C14H20N4/c1-5-13-6-12(8-15-4)7-14(17-13)18-9-16-10(2)11(18)3/h6-7,9,15H,5,8H2,1-4H3. The van der Waals surface area contributed by atoms with Crippen molar-refractivity contribution in [2.75, 3.05) is 7.05 Å². The minimum atomic E-state index is 0.856. The molecule has 0 spiro atoms. The second kappa shape index (κ2) is 5.31. The van der Waals surface area contributed by atoms with Crippen molar-refractivity contribution in [3.8, 4) is 5.82 Å². The van der Waals surface area contributed by atoms with Crippen LogP contribution in [-0.2, 0) is 13.0 Å². The second-order valence-corrected chi connectivity index (χ2v) is 4.49. The Bertz CT molecular complexity index is 543. The molecule has 0 amide bonds. The summed E-state index contributed by atoms with van der Waals surface area (Å²) in [7, 11) is 1.96. The van der Waals surface area contributed by atoms with Crippen LogP contribution in [0.1, 0.15) is 29.6 Å². The highest BCUT2D eigenvalue weighted by Gasteiger charge is 2.08. The lowest BCUT2D eigenvalue weighted by Gasteiger charge is -2.10. The van der Waals surface area contributed by atoms with Gasteiger partial charge in [0.25, 0.3) is 0 Å². The van der Waals surface area contributed by atoms with Crippen molar-refractivity contribution in [2.45, 2.75) is 33.7 Å². The van der Waals surface area contributed by atoms with E-state index < -0.39 is 0 Å². The summed E-state index contributed by atoms with van der Waals surface area (Å²) < 4.78 is 2.05. The first kappa shape index (κ1) is 12.8. The molecule has 0 aromatic carbocycles. The molecule has 1 N–H and O–H groups in total. The monoisotopic (exact) mass is 244 g/mol. The lowest BCUT2D eigenvalue weighted by Crippen LogP contribution is -2.08. The molecule has 2 aromatic heterocycles. The summed E-state index contributed by atoms with van der Waals surface area (Å²) in [5, 5.41) is 3.18. The van der Waals surface area contributed by atoms with Gasteiger partial charge in [0.1, 0.15) is 12.1 Å². The van der Waals surface area contributed by atoms with Gasteiger partial charge < -0.3 is 5.32 Å². The summed E-state index contributed by atoms with van der Waals surface area (Å²) in [5.74, 6) is 0.956. The molecule has 96 valence electrons. The van der Waals surface area contributed by atoms with E-state index in [0.29, 0.717) is 0 Å². The Balaban J connectivity index is 2.49. The van der Waals surface area contributed by atoms with Gasteiger partial charge in [0.05, 0.1) is 5.69 Å². The number of nitrogens with one attached hydrogen (secondary N) is 1.